The molecule has 0 saturated carbocycles. The molecule has 3 aromatic heterocycles. The van der Waals surface area contributed by atoms with E-state index in [1.54, 1.807) is 37.4 Å². The normalized spacial score (nSPS) is 12.0. The topological polar surface area (TPSA) is 66.4 Å². The third-order valence-corrected chi connectivity index (χ3v) is 24.6. The van der Waals surface area contributed by atoms with E-state index in [4.69, 9.17) is 37.4 Å². The summed E-state index contributed by atoms with van der Waals surface area (Å²) in [5.74, 6) is 1.03. The molecule has 0 aliphatic carbocycles. The lowest BCUT2D eigenvalue weighted by Crippen LogP contribution is -2.14. The lowest BCUT2D eigenvalue weighted by molar-refractivity contribution is 0.181. The first kappa shape index (κ1) is 137. The lowest BCUT2D eigenvalue weighted by atomic mass is 9.82. The molecule has 0 atom stereocenters. The fraction of sp³-hybridized carbons (Fsp3) is 0.500. The van der Waals surface area contributed by atoms with Gasteiger partial charge in [0.1, 0.15) is 11.6 Å². The summed E-state index contributed by atoms with van der Waals surface area (Å²) in [7, 11) is 1.57. The second-order valence-electron chi connectivity index (χ2n) is 54.4. The Kier molecular flexibility index (Phi) is 54.9. The van der Waals surface area contributed by atoms with Gasteiger partial charge >= 0.3 is 0 Å². The molecule has 9 aromatic carbocycles. The van der Waals surface area contributed by atoms with E-state index in [-0.39, 0.29) is 99.4 Å². The van der Waals surface area contributed by atoms with Crippen LogP contribution in [0.2, 0.25) is 10.0 Å². The minimum absolute atomic E-state index is 0.0000123. The summed E-state index contributed by atoms with van der Waals surface area (Å²) in [6, 6.07) is 81.5. The van der Waals surface area contributed by atoms with Crippen molar-refractivity contribution >= 4 is 23.2 Å². The maximum atomic E-state index is 13.6. The number of aryl methyl sites for hydroxylation is 4. The predicted molar refractivity (Wildman–Crippen MR) is 648 cm³/mol. The first-order valence-electron chi connectivity index (χ1n) is 53.4. The minimum Gasteiger partial charge on any atom is -0.488 e. The Morgan fingerprint density at radius 3 is 0.893 bits per heavy atom. The van der Waals surface area contributed by atoms with Crippen LogP contribution in [0.1, 0.15) is 424 Å². The van der Waals surface area contributed by atoms with Crippen molar-refractivity contribution in [3.8, 4) is 11.6 Å². The smallest absolute Gasteiger partial charge is 0.213 e. The molecule has 12 rings (SSSR count). The summed E-state index contributed by atoms with van der Waals surface area (Å²) in [6.45, 7) is 109. The number of hydrogen-bond acceptors (Lipinski definition) is 6. The van der Waals surface area contributed by atoms with Gasteiger partial charge in [-0.25, -0.2) is 18.2 Å². The van der Waals surface area contributed by atoms with Crippen molar-refractivity contribution < 1.29 is 27.4 Å². The zero-order valence-corrected chi connectivity index (χ0v) is 104. The van der Waals surface area contributed by atoms with E-state index in [0.717, 1.165) is 56.2 Å². The van der Waals surface area contributed by atoms with Crippen LogP contribution in [0.3, 0.4) is 0 Å². The van der Waals surface area contributed by atoms with Gasteiger partial charge in [-0.2, -0.15) is 0 Å². The molecule has 0 amide bonds. The van der Waals surface area contributed by atoms with Crippen LogP contribution in [0.4, 0.5) is 13.2 Å². The Morgan fingerprint density at radius 1 is 0.275 bits per heavy atom. The zero-order chi connectivity index (χ0) is 115. The van der Waals surface area contributed by atoms with Crippen molar-refractivity contribution in [1.29, 1.82) is 0 Å². The Morgan fingerprint density at radius 2 is 0.617 bits per heavy atom. The number of methoxy groups -OCH3 is 1. The van der Waals surface area contributed by atoms with Crippen molar-refractivity contribution in [2.75, 3.05) is 13.7 Å². The maximum absolute atomic E-state index is 13.6. The largest absolute Gasteiger partial charge is 0.488 e. The van der Waals surface area contributed by atoms with Crippen LogP contribution in [-0.4, -0.2) is 34.8 Å². The van der Waals surface area contributed by atoms with Crippen molar-refractivity contribution in [1.82, 2.24) is 15.0 Å². The monoisotopic (exact) mass is 2080 g/mol. The molecule has 11 heteroatoms. The molecule has 0 aliphatic rings. The molecule has 0 fully saturated rings. The fourth-order valence-electron chi connectivity index (χ4n) is 13.9. The summed E-state index contributed by atoms with van der Waals surface area (Å²) >= 11 is 11.9. The average Bonchev–Trinajstić information content (AvgIpc) is 0.697. The molecule has 0 aliphatic heterocycles. The van der Waals surface area contributed by atoms with Gasteiger partial charge in [0.15, 0.2) is 11.6 Å². The maximum Gasteiger partial charge on any atom is 0.213 e. The van der Waals surface area contributed by atoms with Crippen LogP contribution in [-0.2, 0) is 87.2 Å². The third-order valence-electron chi connectivity index (χ3n) is 24.1. The molecule has 3 heterocycles. The third kappa shape index (κ3) is 56.0. The highest BCUT2D eigenvalue weighted by molar-refractivity contribution is 6.31. The summed E-state index contributed by atoms with van der Waals surface area (Å²) in [6.07, 6.45) is 5.69. The Bertz CT molecular complexity index is 5550. The molecule has 0 N–H and O–H groups in total. The summed E-state index contributed by atoms with van der Waals surface area (Å²) < 4.78 is 56.2. The molecular formula is C138H202Cl2F3N3O3. The van der Waals surface area contributed by atoms with Gasteiger partial charge in [0.2, 0.25) is 5.88 Å². The average molecular weight is 2080 g/mol. The number of nitrogens with zero attached hydrogens (tertiary/aromatic N) is 3. The van der Waals surface area contributed by atoms with Crippen molar-refractivity contribution in [2.24, 2.45) is 5.92 Å². The predicted octanol–water partition coefficient (Wildman–Crippen LogP) is 41.5. The second-order valence-corrected chi connectivity index (χ2v) is 55.3. The number of hydrogen-bond donors (Lipinski definition) is 0. The van der Waals surface area contributed by atoms with Gasteiger partial charge in [-0.15, -0.1) is 0 Å². The standard InChI is InChI=1S/2C14H22.C13H19FO.C13H21NO.C12H17FO.C11H15F.2C11H16.2C10H13Cl.C10H15N.C9H13N/c2*1-13(2,3)11-7-9-12(10-8-11)14(4,5)6;1-9(2)15-12-7-6-10(8-11(12)14)13(3,4)5;1-10(2)9-15-12-7-6-11(8-14-12)13(3,4)5;1-12(2,3)10-6-5-9(8-14-4)11(13)7-10;1-8-5-6-9(10(12)7-8)11(2,3)4;2*1-9-6-5-7-10(8-9)11(2,3)4;1-10(2,3)8-5-4-6-9(11)7-8;1-10(2,3)8-6-4-5-7-9(8)11;1-8-5-6-9(7-11-8)10(2,3)4;1-9(2,3)8-6-4-5-7-10-8/h2*7-10H,1-6H3;6-9H,1-5H3;6-8,10H,9H2,1-5H3;5-7H,8H2,1-4H3;5-7H,1-4H3;2*5-8H,1-4H3;2*4-7H,1-3H3;5-7H,1-4H3;4-7H,1-3H3. The Labute approximate surface area is 919 Å². The van der Waals surface area contributed by atoms with Crippen LogP contribution in [0, 0.1) is 51.1 Å². The molecule has 0 saturated heterocycles. The number of halogens is 5. The van der Waals surface area contributed by atoms with Gasteiger partial charge in [-0.05, 0) is 256 Å². The van der Waals surface area contributed by atoms with E-state index in [1.165, 1.54) is 66.8 Å². The van der Waals surface area contributed by atoms with Crippen molar-refractivity contribution in [3.63, 3.8) is 0 Å². The van der Waals surface area contributed by atoms with E-state index in [2.05, 4.69) is 446 Å². The molecule has 6 nitrogen and oxygen atoms in total. The van der Waals surface area contributed by atoms with Gasteiger partial charge in [0.05, 0.1) is 19.3 Å². The molecule has 12 aromatic rings. The van der Waals surface area contributed by atoms with Crippen molar-refractivity contribution in [3.05, 3.63) is 395 Å². The molecule has 822 valence electrons. The van der Waals surface area contributed by atoms with E-state index < -0.39 is 0 Å². The highest BCUT2D eigenvalue weighted by Crippen LogP contribution is 2.36. The van der Waals surface area contributed by atoms with Gasteiger partial charge in [-0.1, -0.05) is 515 Å². The number of rotatable bonds is 7. The van der Waals surface area contributed by atoms with Crippen LogP contribution in [0.5, 0.6) is 11.6 Å². The quantitative estimate of drug-likeness (QED) is 0.158. The molecule has 0 radical (unpaired) electrons. The van der Waals surface area contributed by atoms with Crippen LogP contribution >= 0.6 is 23.2 Å². The molecule has 0 unspecified atom stereocenters. The lowest BCUT2D eigenvalue weighted by Gasteiger charge is -2.23. The first-order chi connectivity index (χ1) is 67.6. The van der Waals surface area contributed by atoms with E-state index in [0.29, 0.717) is 23.8 Å². The second kappa shape index (κ2) is 59.6. The zero-order valence-electron chi connectivity index (χ0n) is 103. The summed E-state index contributed by atoms with van der Waals surface area (Å²) in [4.78, 5) is 12.8. The minimum atomic E-state index is -0.281. The van der Waals surface area contributed by atoms with Crippen LogP contribution in [0.25, 0.3) is 0 Å². The van der Waals surface area contributed by atoms with E-state index >= 15 is 0 Å². The van der Waals surface area contributed by atoms with Crippen LogP contribution < -0.4 is 9.47 Å². The molecule has 0 spiro atoms. The van der Waals surface area contributed by atoms with Crippen molar-refractivity contribution in [2.45, 2.75) is 435 Å². The number of ether oxygens (including phenoxy) is 3. The Hall–Kier alpha value is -9.64. The first-order valence-corrected chi connectivity index (χ1v) is 54.2. The molecule has 149 heavy (non-hydrogen) atoms. The van der Waals surface area contributed by atoms with E-state index in [9.17, 15) is 13.2 Å². The number of pyridine rings is 3. The van der Waals surface area contributed by atoms with E-state index in [1.807, 2.05) is 146 Å². The number of aromatic nitrogens is 3. The Balaban J connectivity index is 0.000000814. The summed E-state index contributed by atoms with van der Waals surface area (Å²) in [5.41, 5.74) is 25.1. The van der Waals surface area contributed by atoms with Gasteiger partial charge in [0, 0.05) is 64.2 Å². The fourth-order valence-corrected chi connectivity index (χ4v) is 14.5. The summed E-state index contributed by atoms with van der Waals surface area (Å²) in [5, 5.41) is 1.68. The van der Waals surface area contributed by atoms with Crippen LogP contribution in [0.15, 0.2) is 261 Å². The van der Waals surface area contributed by atoms with Gasteiger partial charge in [0.25, 0.3) is 0 Å². The number of benzene rings is 9. The molecule has 0 bridgehead atoms. The SMILES string of the molecule is CC(C)(C)c1ccc(C(C)(C)C)cc1.CC(C)(C)c1ccc(C(C)(C)C)cc1.CC(C)(C)c1cccc(Cl)c1.CC(C)(C)c1ccccc1Cl.CC(C)(C)c1ccccn1.CC(C)COc1ccc(C(C)(C)C)cn1.CC(C)Oc1ccc(C(C)(C)C)cc1F.COCc1ccc(C(C)(C)C)cc1F.Cc1ccc(C(C)(C)C)c(F)c1.Cc1ccc(C(C)(C)C)cn1.Cc1cccc(C(C)(C)C)c1.Cc1cccc(C(C)(C)C)c1. The van der Waals surface area contributed by atoms with Gasteiger partial charge < -0.3 is 14.2 Å². The van der Waals surface area contributed by atoms with Gasteiger partial charge in [-0.3, -0.25) is 9.97 Å². The highest BCUT2D eigenvalue weighted by Gasteiger charge is 2.26. The molecular weight excluding hydrogens is 1880 g/mol. The highest BCUT2D eigenvalue weighted by atomic mass is 35.5.